The van der Waals surface area contributed by atoms with Gasteiger partial charge in [-0.05, 0) is 30.7 Å². The van der Waals surface area contributed by atoms with Gasteiger partial charge in [0.1, 0.15) is 0 Å². The van der Waals surface area contributed by atoms with E-state index in [4.69, 9.17) is 27.7 Å². The van der Waals surface area contributed by atoms with Gasteiger partial charge in [0, 0.05) is 18.0 Å². The Bertz CT molecular complexity index is 598. The fourth-order valence-electron chi connectivity index (χ4n) is 2.08. The highest BCUT2D eigenvalue weighted by molar-refractivity contribution is 6.42. The minimum absolute atomic E-state index is 0.317. The van der Waals surface area contributed by atoms with E-state index in [0.29, 0.717) is 40.1 Å². The molecule has 1 atom stereocenters. The van der Waals surface area contributed by atoms with Gasteiger partial charge < -0.3 is 9.84 Å². The lowest BCUT2D eigenvalue weighted by atomic mass is 10.0. The lowest BCUT2D eigenvalue weighted by Gasteiger charge is -2.19. The first-order valence-corrected chi connectivity index (χ1v) is 7.78. The number of benzene rings is 1. The summed E-state index contributed by atoms with van der Waals surface area (Å²) in [6, 6.07) is 5.61. The highest BCUT2D eigenvalue weighted by atomic mass is 35.5. The lowest BCUT2D eigenvalue weighted by molar-refractivity contribution is 0.329. The summed E-state index contributed by atoms with van der Waals surface area (Å²) in [7, 11) is 0. The molecule has 1 unspecified atom stereocenters. The van der Waals surface area contributed by atoms with Gasteiger partial charge in [-0.2, -0.15) is 4.98 Å². The SMILES string of the molecule is CCNC(Cc1nc(-c2ccc(Cl)c(Cl)c2)no1)C(C)C. The van der Waals surface area contributed by atoms with Crippen molar-refractivity contribution in [3.63, 3.8) is 0 Å². The van der Waals surface area contributed by atoms with Crippen LogP contribution < -0.4 is 5.32 Å². The molecule has 0 amide bonds. The maximum atomic E-state index is 6.01. The zero-order valence-corrected chi connectivity index (χ0v) is 13.9. The Kier molecular flexibility index (Phi) is 5.62. The molecule has 0 aliphatic heterocycles. The molecule has 1 heterocycles. The van der Waals surface area contributed by atoms with E-state index >= 15 is 0 Å². The number of aromatic nitrogens is 2. The van der Waals surface area contributed by atoms with E-state index in [9.17, 15) is 0 Å². The predicted octanol–water partition coefficient (Wildman–Crippen LogP) is 4.22. The summed E-state index contributed by atoms with van der Waals surface area (Å²) in [6.45, 7) is 7.34. The van der Waals surface area contributed by atoms with E-state index in [2.05, 4.69) is 36.2 Å². The fourth-order valence-corrected chi connectivity index (χ4v) is 2.38. The Morgan fingerprint density at radius 1 is 1.24 bits per heavy atom. The molecule has 0 aliphatic carbocycles. The number of halogens is 2. The van der Waals surface area contributed by atoms with Gasteiger partial charge in [-0.15, -0.1) is 0 Å². The summed E-state index contributed by atoms with van der Waals surface area (Å²) in [5, 5.41) is 8.43. The van der Waals surface area contributed by atoms with Crippen molar-refractivity contribution >= 4 is 23.2 Å². The molecule has 0 saturated carbocycles. The highest BCUT2D eigenvalue weighted by Gasteiger charge is 2.17. The third-order valence-corrected chi connectivity index (χ3v) is 4.05. The van der Waals surface area contributed by atoms with Crippen molar-refractivity contribution in [2.75, 3.05) is 6.54 Å². The summed E-state index contributed by atoms with van der Waals surface area (Å²) >= 11 is 11.9. The molecule has 0 saturated heterocycles. The third-order valence-electron chi connectivity index (χ3n) is 3.31. The molecule has 21 heavy (non-hydrogen) atoms. The van der Waals surface area contributed by atoms with Gasteiger partial charge in [-0.1, -0.05) is 49.1 Å². The number of hydrogen-bond donors (Lipinski definition) is 1. The molecule has 2 aromatic rings. The predicted molar refractivity (Wildman–Crippen MR) is 85.8 cm³/mol. The monoisotopic (exact) mass is 327 g/mol. The van der Waals surface area contributed by atoms with Crippen molar-refractivity contribution in [1.29, 1.82) is 0 Å². The molecule has 1 aromatic heterocycles. The first-order valence-electron chi connectivity index (χ1n) is 7.02. The molecule has 4 nitrogen and oxygen atoms in total. The van der Waals surface area contributed by atoms with Crippen molar-refractivity contribution in [2.24, 2.45) is 5.92 Å². The van der Waals surface area contributed by atoms with Gasteiger partial charge in [0.05, 0.1) is 10.0 Å². The molecule has 0 aliphatic rings. The summed E-state index contributed by atoms with van der Waals surface area (Å²) < 4.78 is 5.34. The Morgan fingerprint density at radius 3 is 2.62 bits per heavy atom. The normalized spacial score (nSPS) is 12.9. The molecule has 6 heteroatoms. The largest absolute Gasteiger partial charge is 0.339 e. The van der Waals surface area contributed by atoms with Gasteiger partial charge in [0.15, 0.2) is 0 Å². The Labute approximate surface area is 134 Å². The zero-order valence-electron chi connectivity index (χ0n) is 12.4. The second kappa shape index (κ2) is 7.25. The first-order chi connectivity index (χ1) is 10.0. The third kappa shape index (κ3) is 4.19. The molecule has 2 rings (SSSR count). The van der Waals surface area contributed by atoms with Crippen molar-refractivity contribution in [1.82, 2.24) is 15.5 Å². The van der Waals surface area contributed by atoms with Crippen molar-refractivity contribution in [3.8, 4) is 11.4 Å². The second-order valence-electron chi connectivity index (χ2n) is 5.25. The van der Waals surface area contributed by atoms with Crippen LogP contribution in [0.25, 0.3) is 11.4 Å². The minimum atomic E-state index is 0.317. The van der Waals surface area contributed by atoms with Crippen LogP contribution in [0.5, 0.6) is 0 Å². The molecular weight excluding hydrogens is 309 g/mol. The van der Waals surface area contributed by atoms with Crippen molar-refractivity contribution in [2.45, 2.75) is 33.2 Å². The average molecular weight is 328 g/mol. The molecule has 1 aromatic carbocycles. The summed E-state index contributed by atoms with van der Waals surface area (Å²) in [5.74, 6) is 1.64. The zero-order chi connectivity index (χ0) is 15.4. The summed E-state index contributed by atoms with van der Waals surface area (Å²) in [6.07, 6.45) is 0.708. The minimum Gasteiger partial charge on any atom is -0.339 e. The van der Waals surface area contributed by atoms with Crippen LogP contribution in [0.1, 0.15) is 26.7 Å². The number of likely N-dealkylation sites (N-methyl/N-ethyl adjacent to an activating group) is 1. The summed E-state index contributed by atoms with van der Waals surface area (Å²) in [4.78, 5) is 4.44. The van der Waals surface area contributed by atoms with Crippen LogP contribution in [0, 0.1) is 5.92 Å². The van der Waals surface area contributed by atoms with Gasteiger partial charge in [-0.3, -0.25) is 0 Å². The van der Waals surface area contributed by atoms with Gasteiger partial charge in [0.2, 0.25) is 11.7 Å². The lowest BCUT2D eigenvalue weighted by Crippen LogP contribution is -2.35. The van der Waals surface area contributed by atoms with Gasteiger partial charge >= 0.3 is 0 Å². The molecule has 114 valence electrons. The van der Waals surface area contributed by atoms with Crippen molar-refractivity contribution in [3.05, 3.63) is 34.1 Å². The van der Waals surface area contributed by atoms with E-state index < -0.39 is 0 Å². The van der Waals surface area contributed by atoms with Crippen molar-refractivity contribution < 1.29 is 4.52 Å². The molecule has 0 fully saturated rings. The molecule has 0 bridgehead atoms. The van der Waals surface area contributed by atoms with Crippen LogP contribution in [0.2, 0.25) is 10.0 Å². The smallest absolute Gasteiger partial charge is 0.228 e. The first kappa shape index (κ1) is 16.3. The maximum Gasteiger partial charge on any atom is 0.228 e. The Morgan fingerprint density at radius 2 is 2.00 bits per heavy atom. The van der Waals surface area contributed by atoms with E-state index in [1.165, 1.54) is 0 Å². The van der Waals surface area contributed by atoms with Crippen LogP contribution in [0.15, 0.2) is 22.7 Å². The Balaban J connectivity index is 2.15. The number of hydrogen-bond acceptors (Lipinski definition) is 4. The number of nitrogens with zero attached hydrogens (tertiary/aromatic N) is 2. The molecule has 0 spiro atoms. The van der Waals surface area contributed by atoms with Gasteiger partial charge in [0.25, 0.3) is 0 Å². The van der Waals surface area contributed by atoms with Gasteiger partial charge in [-0.25, -0.2) is 0 Å². The van der Waals surface area contributed by atoms with E-state index in [0.717, 1.165) is 12.1 Å². The van der Waals surface area contributed by atoms with E-state index in [1.54, 1.807) is 12.1 Å². The van der Waals surface area contributed by atoms with Crippen LogP contribution >= 0.6 is 23.2 Å². The van der Waals surface area contributed by atoms with Crippen LogP contribution in [-0.4, -0.2) is 22.7 Å². The standard InChI is InChI=1S/C15H19Cl2N3O/c1-4-18-13(9(2)3)8-14-19-15(20-21-14)10-5-6-11(16)12(17)7-10/h5-7,9,13,18H,4,8H2,1-3H3. The second-order valence-corrected chi connectivity index (χ2v) is 6.07. The number of nitrogens with one attached hydrogen (secondary N) is 1. The topological polar surface area (TPSA) is 51.0 Å². The van der Waals surface area contributed by atoms with Crippen LogP contribution in [-0.2, 0) is 6.42 Å². The summed E-state index contributed by atoms with van der Waals surface area (Å²) in [5.41, 5.74) is 0.795. The van der Waals surface area contributed by atoms with Crippen LogP contribution in [0.3, 0.4) is 0 Å². The quantitative estimate of drug-likeness (QED) is 0.862. The fraction of sp³-hybridized carbons (Fsp3) is 0.467. The Hall–Kier alpha value is -1.10. The number of rotatable bonds is 6. The average Bonchev–Trinajstić information content (AvgIpc) is 2.90. The molecular formula is C15H19Cl2N3O. The van der Waals surface area contributed by atoms with E-state index in [1.807, 2.05) is 6.07 Å². The maximum absolute atomic E-state index is 6.01. The van der Waals surface area contributed by atoms with Crippen LogP contribution in [0.4, 0.5) is 0 Å². The molecule has 0 radical (unpaired) electrons. The molecule has 1 N–H and O–H groups in total. The highest BCUT2D eigenvalue weighted by Crippen LogP contribution is 2.27. The van der Waals surface area contributed by atoms with E-state index in [-0.39, 0.29) is 0 Å².